The molecule has 9 N–H and O–H groups in total. The molecule has 4 atom stereocenters. The van der Waals surface area contributed by atoms with Crippen LogP contribution in [0.4, 0.5) is 0 Å². The van der Waals surface area contributed by atoms with Gasteiger partial charge >= 0.3 is 5.97 Å². The van der Waals surface area contributed by atoms with Gasteiger partial charge in [0.15, 0.2) is 0 Å². The van der Waals surface area contributed by atoms with Gasteiger partial charge in [-0.1, -0.05) is 32.0 Å². The highest BCUT2D eigenvalue weighted by molar-refractivity contribution is 5.94. The SMILES string of the molecule is CC(C)CC(NC(=O)C(N)Cc1c[nH]c2ccccc12)C(=O)NC(CO)C(=O)NC(Cc1cnc[nH]1)C(=O)O. The number of H-pyrrole nitrogens is 2. The molecule has 13 nitrogen and oxygen atoms in total. The lowest BCUT2D eigenvalue weighted by molar-refractivity contribution is -0.142. The van der Waals surface area contributed by atoms with Gasteiger partial charge in [0.05, 0.1) is 19.0 Å². The van der Waals surface area contributed by atoms with E-state index in [1.807, 2.05) is 38.1 Å². The molecule has 1 aromatic carbocycles. The van der Waals surface area contributed by atoms with Gasteiger partial charge in [0, 0.05) is 35.4 Å². The molecular formula is C26H35N7O6. The maximum absolute atomic E-state index is 13.1. The summed E-state index contributed by atoms with van der Waals surface area (Å²) in [6.45, 7) is 2.94. The van der Waals surface area contributed by atoms with Crippen molar-refractivity contribution < 1.29 is 29.4 Å². The van der Waals surface area contributed by atoms with E-state index < -0.39 is 54.5 Å². The van der Waals surface area contributed by atoms with Crippen LogP contribution in [0.25, 0.3) is 10.9 Å². The number of imidazole rings is 1. The Morgan fingerprint density at radius 2 is 1.62 bits per heavy atom. The Balaban J connectivity index is 1.63. The summed E-state index contributed by atoms with van der Waals surface area (Å²) in [5, 5.41) is 27.6. The van der Waals surface area contributed by atoms with E-state index in [9.17, 15) is 29.4 Å². The van der Waals surface area contributed by atoms with E-state index in [2.05, 4.69) is 30.9 Å². The number of fused-ring (bicyclic) bond motifs is 1. The Labute approximate surface area is 225 Å². The summed E-state index contributed by atoms with van der Waals surface area (Å²) >= 11 is 0. The van der Waals surface area contributed by atoms with Crippen molar-refractivity contribution in [3.05, 3.63) is 54.2 Å². The number of carbonyl (C=O) groups excluding carboxylic acids is 3. The molecule has 0 radical (unpaired) electrons. The summed E-state index contributed by atoms with van der Waals surface area (Å²) in [5.74, 6) is -3.43. The Kier molecular flexibility index (Phi) is 10.2. The molecule has 0 bridgehead atoms. The Morgan fingerprint density at radius 1 is 0.949 bits per heavy atom. The number of nitrogens with one attached hydrogen (secondary N) is 5. The number of carbonyl (C=O) groups is 4. The smallest absolute Gasteiger partial charge is 0.326 e. The number of carboxylic acids is 1. The standard InChI is InChI=1S/C26H35N7O6/c1-14(2)7-20(31-23(35)18(27)8-15-10-29-19-6-4-3-5-17(15)19)24(36)33-22(12-34)25(37)32-21(26(38)39)9-16-11-28-13-30-16/h3-6,10-11,13-14,18,20-22,29,34H,7-9,12,27H2,1-2H3,(H,28,30)(H,31,35)(H,32,37)(H,33,36)(H,38,39). The second kappa shape index (κ2) is 13.5. The summed E-state index contributed by atoms with van der Waals surface area (Å²) in [7, 11) is 0. The van der Waals surface area contributed by atoms with Crippen LogP contribution in [0.5, 0.6) is 0 Å². The fraction of sp³-hybridized carbons (Fsp3) is 0.423. The van der Waals surface area contributed by atoms with Crippen LogP contribution in [0.3, 0.4) is 0 Å². The second-order valence-corrected chi connectivity index (χ2v) is 9.78. The van der Waals surface area contributed by atoms with Crippen molar-refractivity contribution in [3.63, 3.8) is 0 Å². The average Bonchev–Trinajstić information content (AvgIpc) is 3.56. The number of hydrogen-bond acceptors (Lipinski definition) is 7. The van der Waals surface area contributed by atoms with Gasteiger partial charge in [-0.3, -0.25) is 14.4 Å². The Bertz CT molecular complexity index is 1270. The van der Waals surface area contributed by atoms with E-state index in [-0.39, 0.29) is 25.2 Å². The number of aliphatic hydroxyl groups is 1. The number of para-hydroxylation sites is 1. The van der Waals surface area contributed by atoms with Crippen LogP contribution in [0.15, 0.2) is 43.0 Å². The zero-order valence-corrected chi connectivity index (χ0v) is 21.8. The average molecular weight is 542 g/mol. The lowest BCUT2D eigenvalue weighted by Gasteiger charge is -2.25. The predicted molar refractivity (Wildman–Crippen MR) is 142 cm³/mol. The first-order valence-electron chi connectivity index (χ1n) is 12.6. The quantitative estimate of drug-likeness (QED) is 0.134. The largest absolute Gasteiger partial charge is 0.480 e. The molecule has 3 aromatic rings. The van der Waals surface area contributed by atoms with Gasteiger partial charge in [0.1, 0.15) is 18.1 Å². The number of amides is 3. The van der Waals surface area contributed by atoms with Crippen molar-refractivity contribution in [1.29, 1.82) is 0 Å². The number of benzene rings is 1. The fourth-order valence-electron chi connectivity index (χ4n) is 4.17. The van der Waals surface area contributed by atoms with Crippen LogP contribution >= 0.6 is 0 Å². The fourth-order valence-corrected chi connectivity index (χ4v) is 4.17. The van der Waals surface area contributed by atoms with Crippen molar-refractivity contribution in [2.45, 2.75) is 57.3 Å². The molecule has 0 aliphatic carbocycles. The van der Waals surface area contributed by atoms with E-state index in [4.69, 9.17) is 5.73 Å². The molecule has 0 spiro atoms. The van der Waals surface area contributed by atoms with E-state index in [0.717, 1.165) is 16.5 Å². The van der Waals surface area contributed by atoms with Crippen LogP contribution in [-0.4, -0.2) is 79.6 Å². The number of nitrogens with two attached hydrogens (primary N) is 1. The summed E-state index contributed by atoms with van der Waals surface area (Å²) in [6.07, 6.45) is 5.00. The molecular weight excluding hydrogens is 506 g/mol. The minimum atomic E-state index is -1.44. The highest BCUT2D eigenvalue weighted by atomic mass is 16.4. The van der Waals surface area contributed by atoms with Crippen LogP contribution in [0.1, 0.15) is 31.5 Å². The van der Waals surface area contributed by atoms with Crippen LogP contribution < -0.4 is 21.7 Å². The molecule has 0 aliphatic heterocycles. The van der Waals surface area contributed by atoms with Crippen molar-refractivity contribution >= 4 is 34.6 Å². The third-order valence-electron chi connectivity index (χ3n) is 6.20. The molecule has 210 valence electrons. The van der Waals surface area contributed by atoms with Gasteiger partial charge < -0.3 is 41.9 Å². The van der Waals surface area contributed by atoms with Crippen molar-refractivity contribution in [2.75, 3.05) is 6.61 Å². The van der Waals surface area contributed by atoms with Gasteiger partial charge in [-0.15, -0.1) is 0 Å². The topological polar surface area (TPSA) is 215 Å². The Hall–Kier alpha value is -4.23. The minimum Gasteiger partial charge on any atom is -0.480 e. The van der Waals surface area contributed by atoms with Crippen molar-refractivity contribution in [3.8, 4) is 0 Å². The third kappa shape index (κ3) is 8.12. The summed E-state index contributed by atoms with van der Waals surface area (Å²) < 4.78 is 0. The molecule has 0 aliphatic rings. The number of aromatic amines is 2. The van der Waals surface area contributed by atoms with Gasteiger partial charge in [0.2, 0.25) is 17.7 Å². The number of aromatic nitrogens is 3. The van der Waals surface area contributed by atoms with Gasteiger partial charge in [-0.2, -0.15) is 0 Å². The number of aliphatic carboxylic acids is 1. The molecule has 4 unspecified atom stereocenters. The normalized spacial score (nSPS) is 14.4. The van der Waals surface area contributed by atoms with Gasteiger partial charge in [0.25, 0.3) is 0 Å². The molecule has 3 rings (SSSR count). The molecule has 0 saturated heterocycles. The lowest BCUT2D eigenvalue weighted by Crippen LogP contribution is -2.58. The molecule has 0 fully saturated rings. The highest BCUT2D eigenvalue weighted by Crippen LogP contribution is 2.19. The molecule has 0 saturated carbocycles. The Morgan fingerprint density at radius 3 is 2.26 bits per heavy atom. The first kappa shape index (κ1) is 29.3. The van der Waals surface area contributed by atoms with Crippen molar-refractivity contribution in [2.24, 2.45) is 11.7 Å². The lowest BCUT2D eigenvalue weighted by atomic mass is 10.0. The number of carboxylic acid groups (broad SMARTS) is 1. The molecule has 2 heterocycles. The number of hydrogen-bond donors (Lipinski definition) is 8. The van der Waals surface area contributed by atoms with E-state index in [1.165, 1.54) is 12.5 Å². The maximum atomic E-state index is 13.1. The summed E-state index contributed by atoms with van der Waals surface area (Å²) in [4.78, 5) is 60.1. The van der Waals surface area contributed by atoms with Gasteiger partial charge in [-0.05, 0) is 30.4 Å². The van der Waals surface area contributed by atoms with Crippen LogP contribution in [0, 0.1) is 5.92 Å². The van der Waals surface area contributed by atoms with Crippen molar-refractivity contribution in [1.82, 2.24) is 30.9 Å². The third-order valence-corrected chi connectivity index (χ3v) is 6.20. The van der Waals surface area contributed by atoms with Crippen LogP contribution in [-0.2, 0) is 32.0 Å². The molecule has 13 heteroatoms. The first-order chi connectivity index (χ1) is 18.6. The van der Waals surface area contributed by atoms with Gasteiger partial charge in [-0.25, -0.2) is 9.78 Å². The first-order valence-corrected chi connectivity index (χ1v) is 12.6. The highest BCUT2D eigenvalue weighted by Gasteiger charge is 2.31. The zero-order chi connectivity index (χ0) is 28.5. The summed E-state index contributed by atoms with van der Waals surface area (Å²) in [6, 6.07) is 2.88. The molecule has 39 heavy (non-hydrogen) atoms. The van der Waals surface area contributed by atoms with E-state index in [0.29, 0.717) is 5.69 Å². The number of rotatable bonds is 14. The maximum Gasteiger partial charge on any atom is 0.326 e. The predicted octanol–water partition coefficient (Wildman–Crippen LogP) is -0.419. The molecule has 2 aromatic heterocycles. The molecule has 3 amide bonds. The van der Waals surface area contributed by atoms with E-state index in [1.54, 1.807) is 6.20 Å². The van der Waals surface area contributed by atoms with Crippen LogP contribution in [0.2, 0.25) is 0 Å². The van der Waals surface area contributed by atoms with E-state index >= 15 is 0 Å². The summed E-state index contributed by atoms with van der Waals surface area (Å²) in [5.41, 5.74) is 8.43. The minimum absolute atomic E-state index is 0.00177. The number of nitrogens with zero attached hydrogens (tertiary/aromatic N) is 1. The zero-order valence-electron chi connectivity index (χ0n) is 21.8. The monoisotopic (exact) mass is 541 g/mol. The number of aliphatic hydroxyl groups excluding tert-OH is 1. The second-order valence-electron chi connectivity index (χ2n) is 9.78.